The summed E-state index contributed by atoms with van der Waals surface area (Å²) in [5.74, 6) is -0.748. The molecule has 0 aliphatic carbocycles. The van der Waals surface area contributed by atoms with Gasteiger partial charge in [-0.15, -0.1) is 0 Å². The summed E-state index contributed by atoms with van der Waals surface area (Å²) in [6.07, 6.45) is 0. The Morgan fingerprint density at radius 2 is 1.77 bits per heavy atom. The van der Waals surface area contributed by atoms with Gasteiger partial charge in [-0.2, -0.15) is 0 Å². The summed E-state index contributed by atoms with van der Waals surface area (Å²) in [7, 11) is 0. The summed E-state index contributed by atoms with van der Waals surface area (Å²) < 4.78 is 0. The van der Waals surface area contributed by atoms with Gasteiger partial charge in [0, 0.05) is 6.54 Å². The predicted molar refractivity (Wildman–Crippen MR) is 89.7 cm³/mol. The van der Waals surface area contributed by atoms with Crippen LogP contribution in [0.1, 0.15) is 25.0 Å². The van der Waals surface area contributed by atoms with Gasteiger partial charge in [0.05, 0.1) is 0 Å². The minimum atomic E-state index is -0.801. The quantitative estimate of drug-likeness (QED) is 0.851. The van der Waals surface area contributed by atoms with Crippen molar-refractivity contribution in [1.82, 2.24) is 5.32 Å². The molecule has 0 aliphatic rings. The lowest BCUT2D eigenvalue weighted by molar-refractivity contribution is -0.140. The lowest BCUT2D eigenvalue weighted by Gasteiger charge is -2.18. The molecule has 2 aromatic rings. The van der Waals surface area contributed by atoms with E-state index in [9.17, 15) is 9.90 Å². The van der Waals surface area contributed by atoms with Crippen molar-refractivity contribution in [1.29, 1.82) is 0 Å². The average Bonchev–Trinajstić information content (AvgIpc) is 2.48. The Hall–Kier alpha value is -2.13. The molecule has 116 valence electrons. The highest BCUT2D eigenvalue weighted by atomic mass is 16.4. The predicted octanol–water partition coefficient (Wildman–Crippen LogP) is 3.86. The van der Waals surface area contributed by atoms with Crippen molar-refractivity contribution in [3.8, 4) is 11.1 Å². The van der Waals surface area contributed by atoms with E-state index in [1.54, 1.807) is 0 Å². The molecule has 0 amide bonds. The molecule has 0 aliphatic heterocycles. The molecule has 0 aromatic heterocycles. The maximum atomic E-state index is 11.2. The fourth-order valence-corrected chi connectivity index (χ4v) is 2.44. The highest BCUT2D eigenvalue weighted by Crippen LogP contribution is 2.21. The second-order valence-corrected chi connectivity index (χ2v) is 6.01. The van der Waals surface area contributed by atoms with Crippen molar-refractivity contribution in [2.45, 2.75) is 33.4 Å². The zero-order valence-electron chi connectivity index (χ0n) is 13.3. The first-order chi connectivity index (χ1) is 10.5. The van der Waals surface area contributed by atoms with Crippen molar-refractivity contribution in [2.75, 3.05) is 0 Å². The lowest BCUT2D eigenvalue weighted by atomic mass is 10.0. The zero-order chi connectivity index (χ0) is 16.1. The molecule has 3 heteroatoms. The topological polar surface area (TPSA) is 49.3 Å². The average molecular weight is 297 g/mol. The van der Waals surface area contributed by atoms with Crippen molar-refractivity contribution >= 4 is 5.97 Å². The molecule has 2 aromatic carbocycles. The van der Waals surface area contributed by atoms with Gasteiger partial charge in [-0.1, -0.05) is 61.9 Å². The van der Waals surface area contributed by atoms with Crippen LogP contribution in [0.15, 0.2) is 48.5 Å². The second-order valence-electron chi connectivity index (χ2n) is 6.01. The molecule has 1 atom stereocenters. The van der Waals surface area contributed by atoms with Gasteiger partial charge in [-0.05, 0) is 35.6 Å². The normalized spacial score (nSPS) is 12.4. The summed E-state index contributed by atoms with van der Waals surface area (Å²) >= 11 is 0. The lowest BCUT2D eigenvalue weighted by Crippen LogP contribution is -2.40. The minimum absolute atomic E-state index is 0.0535. The molecule has 0 heterocycles. The van der Waals surface area contributed by atoms with E-state index in [0.717, 1.165) is 11.1 Å². The monoisotopic (exact) mass is 297 g/mol. The molecule has 3 nitrogen and oxygen atoms in total. The molecule has 0 fully saturated rings. The number of aliphatic carboxylic acids is 1. The molecule has 0 unspecified atom stereocenters. The zero-order valence-corrected chi connectivity index (χ0v) is 13.3. The van der Waals surface area contributed by atoms with Gasteiger partial charge in [0.25, 0.3) is 0 Å². The number of aryl methyl sites for hydroxylation is 1. The van der Waals surface area contributed by atoms with E-state index >= 15 is 0 Å². The largest absolute Gasteiger partial charge is 0.480 e. The van der Waals surface area contributed by atoms with Crippen LogP contribution in [0.2, 0.25) is 0 Å². The summed E-state index contributed by atoms with van der Waals surface area (Å²) in [4.78, 5) is 11.2. The maximum absolute atomic E-state index is 11.2. The van der Waals surface area contributed by atoms with Gasteiger partial charge in [0.2, 0.25) is 0 Å². The Kier molecular flexibility index (Phi) is 5.34. The number of carboxylic acid groups (broad SMARTS) is 1. The number of nitrogens with one attached hydrogen (secondary N) is 1. The minimum Gasteiger partial charge on any atom is -0.480 e. The van der Waals surface area contributed by atoms with Crippen molar-refractivity contribution < 1.29 is 9.90 Å². The van der Waals surface area contributed by atoms with Crippen LogP contribution in [0, 0.1) is 12.8 Å². The van der Waals surface area contributed by atoms with Crippen LogP contribution in [-0.2, 0) is 11.3 Å². The van der Waals surface area contributed by atoms with Gasteiger partial charge in [-0.3, -0.25) is 4.79 Å². The third-order valence-electron chi connectivity index (χ3n) is 3.77. The fraction of sp³-hybridized carbons (Fsp3) is 0.316. The van der Waals surface area contributed by atoms with Crippen molar-refractivity contribution in [3.05, 3.63) is 59.7 Å². The highest BCUT2D eigenvalue weighted by molar-refractivity contribution is 5.73. The first-order valence-electron chi connectivity index (χ1n) is 7.59. The van der Waals surface area contributed by atoms with Crippen LogP contribution in [-0.4, -0.2) is 17.1 Å². The van der Waals surface area contributed by atoms with Gasteiger partial charge >= 0.3 is 5.97 Å². The van der Waals surface area contributed by atoms with Crippen LogP contribution in [0.4, 0.5) is 0 Å². The number of carbonyl (C=O) groups is 1. The molecule has 2 rings (SSSR count). The Morgan fingerprint density at radius 3 is 2.36 bits per heavy atom. The summed E-state index contributed by atoms with van der Waals surface area (Å²) in [6.45, 7) is 6.44. The Morgan fingerprint density at radius 1 is 1.09 bits per heavy atom. The third kappa shape index (κ3) is 4.18. The van der Waals surface area contributed by atoms with Crippen LogP contribution in [0.3, 0.4) is 0 Å². The van der Waals surface area contributed by atoms with Crippen LogP contribution >= 0.6 is 0 Å². The summed E-state index contributed by atoms with van der Waals surface area (Å²) in [5.41, 5.74) is 4.65. The molecule has 0 radical (unpaired) electrons. The van der Waals surface area contributed by atoms with Crippen LogP contribution in [0.25, 0.3) is 11.1 Å². The molecule has 0 saturated heterocycles. The fourth-order valence-electron chi connectivity index (χ4n) is 2.44. The number of rotatable bonds is 6. The summed E-state index contributed by atoms with van der Waals surface area (Å²) in [5, 5.41) is 12.3. The summed E-state index contributed by atoms with van der Waals surface area (Å²) in [6, 6.07) is 16.1. The number of carboxylic acids is 1. The second kappa shape index (κ2) is 7.23. The van der Waals surface area contributed by atoms with Gasteiger partial charge in [0.1, 0.15) is 6.04 Å². The molecular weight excluding hydrogens is 274 g/mol. The highest BCUT2D eigenvalue weighted by Gasteiger charge is 2.20. The first-order valence-corrected chi connectivity index (χ1v) is 7.59. The van der Waals surface area contributed by atoms with Crippen LogP contribution in [0.5, 0.6) is 0 Å². The Balaban J connectivity index is 2.11. The number of benzene rings is 2. The van der Waals surface area contributed by atoms with E-state index < -0.39 is 12.0 Å². The molecule has 22 heavy (non-hydrogen) atoms. The number of hydrogen-bond donors (Lipinski definition) is 2. The first kappa shape index (κ1) is 16.2. The van der Waals surface area contributed by atoms with Gasteiger partial charge in [-0.25, -0.2) is 0 Å². The van der Waals surface area contributed by atoms with Gasteiger partial charge in [0.15, 0.2) is 0 Å². The van der Waals surface area contributed by atoms with E-state index in [-0.39, 0.29) is 5.92 Å². The van der Waals surface area contributed by atoms with E-state index in [0.29, 0.717) is 6.54 Å². The maximum Gasteiger partial charge on any atom is 0.320 e. The smallest absolute Gasteiger partial charge is 0.320 e. The molecule has 0 bridgehead atoms. The van der Waals surface area contributed by atoms with Gasteiger partial charge < -0.3 is 10.4 Å². The molecule has 0 spiro atoms. The SMILES string of the molecule is Cc1ccc(-c2cccc(CN[C@@H](C(=O)O)C(C)C)c2)cc1. The van der Waals surface area contributed by atoms with E-state index in [1.165, 1.54) is 11.1 Å². The number of hydrogen-bond acceptors (Lipinski definition) is 2. The van der Waals surface area contributed by atoms with Crippen LogP contribution < -0.4 is 5.32 Å². The van der Waals surface area contributed by atoms with E-state index in [2.05, 4.69) is 48.6 Å². The molecular formula is C19H23NO2. The Labute approximate surface area is 132 Å². The Bertz CT molecular complexity index is 632. The standard InChI is InChI=1S/C19H23NO2/c1-13(2)18(19(21)22)20-12-15-5-4-6-17(11-15)16-9-7-14(3)8-10-16/h4-11,13,18,20H,12H2,1-3H3,(H,21,22)/t18-/m1/s1. The molecule has 0 saturated carbocycles. The van der Waals surface area contributed by atoms with E-state index in [4.69, 9.17) is 0 Å². The van der Waals surface area contributed by atoms with Crippen molar-refractivity contribution in [3.63, 3.8) is 0 Å². The van der Waals surface area contributed by atoms with Crippen molar-refractivity contribution in [2.24, 2.45) is 5.92 Å². The molecule has 2 N–H and O–H groups in total. The van der Waals surface area contributed by atoms with E-state index in [1.807, 2.05) is 26.0 Å². The third-order valence-corrected chi connectivity index (χ3v) is 3.77.